The monoisotopic (exact) mass is 1050 g/mol. The molecule has 0 saturated heterocycles. The highest BCUT2D eigenvalue weighted by atomic mass is 16.3. The van der Waals surface area contributed by atoms with Crippen molar-refractivity contribution in [2.75, 3.05) is 9.80 Å². The molecule has 0 atom stereocenters. The van der Waals surface area contributed by atoms with Crippen molar-refractivity contribution in [3.8, 4) is 11.1 Å². The van der Waals surface area contributed by atoms with E-state index in [0.29, 0.717) is 0 Å². The molecule has 0 saturated carbocycles. The van der Waals surface area contributed by atoms with Gasteiger partial charge < -0.3 is 18.6 Å². The fourth-order valence-electron chi connectivity index (χ4n) is 13.0. The Morgan fingerprint density at radius 2 is 0.716 bits per heavy atom. The van der Waals surface area contributed by atoms with Gasteiger partial charge in [-0.2, -0.15) is 0 Å². The fourth-order valence-corrected chi connectivity index (χ4v) is 13.0. The average Bonchev–Trinajstić information content (AvgIpc) is 2.43. The molecule has 0 amide bonds. The lowest BCUT2D eigenvalue weighted by atomic mass is 9.67. The van der Waals surface area contributed by atoms with Crippen LogP contribution in [0.25, 0.3) is 65.8 Å². The minimum Gasteiger partial charge on any atom is -0.455 e. The van der Waals surface area contributed by atoms with E-state index in [9.17, 15) is 0 Å². The molecule has 2 heterocycles. The van der Waals surface area contributed by atoms with Crippen molar-refractivity contribution in [2.24, 2.45) is 0 Å². The predicted octanol–water partition coefficient (Wildman–Crippen LogP) is 21.8. The van der Waals surface area contributed by atoms with Crippen molar-refractivity contribution in [2.45, 2.75) is 84.0 Å². The largest absolute Gasteiger partial charge is 0.455 e. The third-order valence-electron chi connectivity index (χ3n) is 17.2. The highest BCUT2D eigenvalue weighted by Crippen LogP contribution is 2.64. The van der Waals surface area contributed by atoms with Crippen LogP contribution in [0.5, 0.6) is 0 Å². The van der Waals surface area contributed by atoms with Gasteiger partial charge in [-0.05, 0) is 139 Å². The van der Waals surface area contributed by atoms with E-state index >= 15 is 0 Å². The second-order valence-electron chi connectivity index (χ2n) is 25.3. The minimum absolute atomic E-state index is 0.0305. The first-order valence-electron chi connectivity index (χ1n) is 28.6. The van der Waals surface area contributed by atoms with Crippen LogP contribution in [0.2, 0.25) is 0 Å². The molecule has 0 spiro atoms. The Bertz CT molecular complexity index is 4450. The van der Waals surface area contributed by atoms with E-state index in [0.717, 1.165) is 117 Å². The number of para-hydroxylation sites is 2. The Balaban J connectivity index is 1.17. The number of hydrogen-bond donors (Lipinski definition) is 0. The topological polar surface area (TPSA) is 32.8 Å². The molecule has 2 aromatic heterocycles. The lowest BCUT2D eigenvalue weighted by Crippen LogP contribution is -2.29. The van der Waals surface area contributed by atoms with E-state index in [1.165, 1.54) is 22.1 Å². The first kappa shape index (κ1) is 50.1. The molecule has 4 nitrogen and oxygen atoms in total. The fraction of sp³-hybridized carbons (Fsp3) is 0.169. The maximum absolute atomic E-state index is 7.57. The van der Waals surface area contributed by atoms with Gasteiger partial charge in [-0.3, -0.25) is 0 Å². The van der Waals surface area contributed by atoms with E-state index in [2.05, 4.69) is 309 Å². The standard InChI is InChI=1S/C77H66N2O2/c1-74(2,3)51-33-40-56(41-34-51)78(57-42-35-52(36-43-57)75(4,5)6)64-47-63-71(73-68(64)60-28-18-20-30-66(60)81-73)70-62(77(63,54-24-12-10-13-25-54)55-26-14-11-15-27-55)48-65(72-69(70)61-29-19-21-31-67(61)80-72)79(58-44-37-53(38-45-58)76(7,8)9)59-39-32-49-22-16-17-23-50(49)46-59/h10-48H,1-9H3. The van der Waals surface area contributed by atoms with Gasteiger partial charge in [-0.25, -0.2) is 0 Å². The average molecular weight is 1050 g/mol. The van der Waals surface area contributed by atoms with E-state index < -0.39 is 5.41 Å². The number of nitrogens with zero attached hydrogens (tertiary/aromatic N) is 2. The number of benzene rings is 11. The molecule has 0 fully saturated rings. The molecule has 0 unspecified atom stereocenters. The molecule has 0 bridgehead atoms. The maximum Gasteiger partial charge on any atom is 0.160 e. The molecule has 1 aliphatic rings. The van der Waals surface area contributed by atoms with Crippen molar-refractivity contribution in [1.29, 1.82) is 0 Å². The molecule has 0 N–H and O–H groups in total. The van der Waals surface area contributed by atoms with Gasteiger partial charge in [0.1, 0.15) is 16.7 Å². The Kier molecular flexibility index (Phi) is 11.4. The number of furan rings is 2. The molecule has 396 valence electrons. The maximum atomic E-state index is 7.57. The van der Waals surface area contributed by atoms with Crippen LogP contribution in [0.15, 0.2) is 245 Å². The van der Waals surface area contributed by atoms with E-state index in [4.69, 9.17) is 8.83 Å². The van der Waals surface area contributed by atoms with Crippen LogP contribution in [0.4, 0.5) is 34.1 Å². The zero-order chi connectivity index (χ0) is 55.6. The molecular formula is C77H66N2O2. The molecule has 11 aromatic carbocycles. The number of fused-ring (bicyclic) bond motifs is 12. The molecule has 1 aliphatic carbocycles. The number of anilines is 6. The third-order valence-corrected chi connectivity index (χ3v) is 17.2. The van der Waals surface area contributed by atoms with Crippen molar-refractivity contribution in [3.05, 3.63) is 276 Å². The van der Waals surface area contributed by atoms with Gasteiger partial charge in [0.15, 0.2) is 5.58 Å². The van der Waals surface area contributed by atoms with Crippen molar-refractivity contribution in [3.63, 3.8) is 0 Å². The molecule has 81 heavy (non-hydrogen) atoms. The second kappa shape index (κ2) is 18.5. The van der Waals surface area contributed by atoms with Gasteiger partial charge in [0, 0.05) is 50.0 Å². The van der Waals surface area contributed by atoms with Crippen LogP contribution in [0, 0.1) is 0 Å². The van der Waals surface area contributed by atoms with Crippen LogP contribution in [0.3, 0.4) is 0 Å². The number of hydrogen-bond acceptors (Lipinski definition) is 4. The zero-order valence-electron chi connectivity index (χ0n) is 47.7. The Hall–Kier alpha value is -9.12. The van der Waals surface area contributed by atoms with Crippen LogP contribution < -0.4 is 9.80 Å². The summed E-state index contributed by atoms with van der Waals surface area (Å²) in [5.41, 5.74) is 19.1. The SMILES string of the molecule is CC(C)(C)c1ccc(N(c2ccc3ccccc3c2)c2cc3c(c4c2oc2ccccc24)-c2c(cc(N(c4ccc(C(C)(C)C)cc4)c4ccc(C(C)(C)C)cc4)c4c2oc2ccccc24)C3(c2ccccc2)c2ccccc2)cc1. The van der Waals surface area contributed by atoms with Crippen molar-refractivity contribution >= 4 is 88.8 Å². The van der Waals surface area contributed by atoms with E-state index in [1.807, 2.05) is 0 Å². The Labute approximate surface area is 475 Å². The Morgan fingerprint density at radius 1 is 0.321 bits per heavy atom. The molecule has 14 rings (SSSR count). The summed E-state index contributed by atoms with van der Waals surface area (Å²) in [6.07, 6.45) is 0. The van der Waals surface area contributed by atoms with Crippen LogP contribution >= 0.6 is 0 Å². The van der Waals surface area contributed by atoms with Crippen LogP contribution in [0.1, 0.15) is 101 Å². The molecular weight excluding hydrogens is 985 g/mol. The lowest BCUT2D eigenvalue weighted by molar-refractivity contribution is 0.590. The quantitative estimate of drug-likeness (QED) is 0.152. The summed E-state index contributed by atoms with van der Waals surface area (Å²) < 4.78 is 15.0. The second-order valence-corrected chi connectivity index (χ2v) is 25.3. The molecule has 0 aliphatic heterocycles. The predicted molar refractivity (Wildman–Crippen MR) is 341 cm³/mol. The van der Waals surface area contributed by atoms with Gasteiger partial charge in [0.25, 0.3) is 0 Å². The third kappa shape index (κ3) is 8.01. The van der Waals surface area contributed by atoms with Crippen molar-refractivity contribution < 1.29 is 8.83 Å². The van der Waals surface area contributed by atoms with E-state index in [1.54, 1.807) is 0 Å². The Morgan fingerprint density at radius 3 is 1.22 bits per heavy atom. The zero-order valence-corrected chi connectivity index (χ0v) is 47.7. The summed E-state index contributed by atoms with van der Waals surface area (Å²) in [5, 5.41) is 6.54. The van der Waals surface area contributed by atoms with Crippen LogP contribution in [-0.2, 0) is 21.7 Å². The highest BCUT2D eigenvalue weighted by Gasteiger charge is 2.50. The minimum atomic E-state index is -0.889. The summed E-state index contributed by atoms with van der Waals surface area (Å²) >= 11 is 0. The van der Waals surface area contributed by atoms with Gasteiger partial charge in [0.2, 0.25) is 0 Å². The van der Waals surface area contributed by atoms with Gasteiger partial charge >= 0.3 is 0 Å². The van der Waals surface area contributed by atoms with Gasteiger partial charge in [0.05, 0.1) is 22.2 Å². The van der Waals surface area contributed by atoms with E-state index in [-0.39, 0.29) is 16.2 Å². The number of rotatable bonds is 8. The van der Waals surface area contributed by atoms with Gasteiger partial charge in [-0.1, -0.05) is 226 Å². The molecule has 4 heteroatoms. The molecule has 0 radical (unpaired) electrons. The summed E-state index contributed by atoms with van der Waals surface area (Å²) in [5.74, 6) is 0. The van der Waals surface area contributed by atoms with Crippen LogP contribution in [-0.4, -0.2) is 0 Å². The molecule has 13 aromatic rings. The highest BCUT2D eigenvalue weighted by molar-refractivity contribution is 6.26. The first-order chi connectivity index (χ1) is 39.1. The van der Waals surface area contributed by atoms with Crippen molar-refractivity contribution in [1.82, 2.24) is 0 Å². The lowest BCUT2D eigenvalue weighted by Gasteiger charge is -2.36. The summed E-state index contributed by atoms with van der Waals surface area (Å²) in [7, 11) is 0. The first-order valence-corrected chi connectivity index (χ1v) is 28.6. The summed E-state index contributed by atoms with van der Waals surface area (Å²) in [4.78, 5) is 4.91. The summed E-state index contributed by atoms with van der Waals surface area (Å²) in [6.45, 7) is 20.5. The van der Waals surface area contributed by atoms with Gasteiger partial charge in [-0.15, -0.1) is 0 Å². The normalized spacial score (nSPS) is 13.3. The summed E-state index contributed by atoms with van der Waals surface area (Å²) in [6, 6.07) is 87.6. The smallest absolute Gasteiger partial charge is 0.160 e.